The summed E-state index contributed by atoms with van der Waals surface area (Å²) in [5, 5.41) is 0. The number of hydrogen-bond acceptors (Lipinski definition) is 4. The highest BCUT2D eigenvalue weighted by Gasteiger charge is 2.31. The highest BCUT2D eigenvalue weighted by molar-refractivity contribution is 5.95. The van der Waals surface area contributed by atoms with Crippen LogP contribution in [-0.4, -0.2) is 50.7 Å². The highest BCUT2D eigenvalue weighted by Crippen LogP contribution is 2.32. The van der Waals surface area contributed by atoms with Gasteiger partial charge >= 0.3 is 0 Å². The highest BCUT2D eigenvalue weighted by atomic mass is 16.5. The van der Waals surface area contributed by atoms with Crippen molar-refractivity contribution >= 4 is 11.6 Å². The number of nitrogens with zero attached hydrogens (tertiary/aromatic N) is 2. The number of aryl methyl sites for hydroxylation is 1. The number of likely N-dealkylation sites (N-methyl/N-ethyl adjacent to an activating group) is 1. The van der Waals surface area contributed by atoms with Crippen LogP contribution in [0.4, 0.5) is 5.69 Å². The summed E-state index contributed by atoms with van der Waals surface area (Å²) in [6.07, 6.45) is 2.57. The van der Waals surface area contributed by atoms with E-state index in [1.807, 2.05) is 30.3 Å². The Labute approximate surface area is 180 Å². The monoisotopic (exact) mass is 410 g/mol. The molecule has 162 valence electrons. The van der Waals surface area contributed by atoms with Crippen LogP contribution >= 0.6 is 0 Å². The lowest BCUT2D eigenvalue weighted by Gasteiger charge is -2.39. The maximum Gasteiger partial charge on any atom is 0.227 e. The van der Waals surface area contributed by atoms with Gasteiger partial charge in [-0.05, 0) is 49.6 Å². The van der Waals surface area contributed by atoms with Crippen molar-refractivity contribution in [2.24, 2.45) is 5.92 Å². The molecule has 1 amide bonds. The Morgan fingerprint density at radius 3 is 2.57 bits per heavy atom. The molecule has 0 bridgehead atoms. The van der Waals surface area contributed by atoms with Gasteiger partial charge in [0, 0.05) is 31.2 Å². The zero-order chi connectivity index (χ0) is 21.5. The van der Waals surface area contributed by atoms with E-state index in [1.165, 1.54) is 5.56 Å². The predicted octanol–water partition coefficient (Wildman–Crippen LogP) is 4.40. The molecule has 0 radical (unpaired) electrons. The van der Waals surface area contributed by atoms with Gasteiger partial charge in [-0.15, -0.1) is 0 Å². The van der Waals surface area contributed by atoms with E-state index in [9.17, 15) is 4.79 Å². The Kier molecular flexibility index (Phi) is 7.75. The zero-order valence-corrected chi connectivity index (χ0v) is 18.6. The molecule has 0 saturated heterocycles. The Bertz CT molecular complexity index is 837. The molecule has 1 aliphatic heterocycles. The van der Waals surface area contributed by atoms with Crippen LogP contribution in [0.15, 0.2) is 48.5 Å². The second-order valence-corrected chi connectivity index (χ2v) is 8.44. The molecule has 0 spiro atoms. The maximum absolute atomic E-state index is 13.1. The first-order chi connectivity index (χ1) is 14.5. The summed E-state index contributed by atoms with van der Waals surface area (Å²) in [5.74, 6) is 2.07. The van der Waals surface area contributed by atoms with Gasteiger partial charge in [0.15, 0.2) is 11.5 Å². The fraction of sp³-hybridized carbons (Fsp3) is 0.480. The maximum atomic E-state index is 13.1. The van der Waals surface area contributed by atoms with Crippen LogP contribution in [0, 0.1) is 5.92 Å². The number of amides is 1. The first-order valence-corrected chi connectivity index (χ1v) is 10.8. The topological polar surface area (TPSA) is 42.0 Å². The lowest BCUT2D eigenvalue weighted by Crippen LogP contribution is -2.49. The summed E-state index contributed by atoms with van der Waals surface area (Å²) < 4.78 is 11.3. The van der Waals surface area contributed by atoms with Gasteiger partial charge in [0.2, 0.25) is 5.91 Å². The Balaban J connectivity index is 1.62. The molecule has 5 nitrogen and oxygen atoms in total. The molecule has 30 heavy (non-hydrogen) atoms. The van der Waals surface area contributed by atoms with Gasteiger partial charge < -0.3 is 19.3 Å². The van der Waals surface area contributed by atoms with Gasteiger partial charge in [0.05, 0.1) is 7.11 Å². The smallest absolute Gasteiger partial charge is 0.227 e. The van der Waals surface area contributed by atoms with E-state index in [0.29, 0.717) is 18.9 Å². The van der Waals surface area contributed by atoms with Crippen LogP contribution < -0.4 is 14.4 Å². The lowest BCUT2D eigenvalue weighted by molar-refractivity contribution is -0.120. The van der Waals surface area contributed by atoms with E-state index in [1.54, 1.807) is 7.11 Å². The van der Waals surface area contributed by atoms with Crippen LogP contribution in [0.5, 0.6) is 11.5 Å². The number of anilines is 1. The van der Waals surface area contributed by atoms with Crippen molar-refractivity contribution in [2.75, 3.05) is 38.8 Å². The van der Waals surface area contributed by atoms with Gasteiger partial charge in [-0.3, -0.25) is 4.79 Å². The summed E-state index contributed by atoms with van der Waals surface area (Å²) in [6.45, 7) is 6.38. The number of rotatable bonds is 9. The van der Waals surface area contributed by atoms with E-state index in [-0.39, 0.29) is 11.9 Å². The Hall–Kier alpha value is -2.53. The summed E-state index contributed by atoms with van der Waals surface area (Å²) in [7, 11) is 3.75. The number of hydrogen-bond donors (Lipinski definition) is 0. The van der Waals surface area contributed by atoms with Crippen molar-refractivity contribution in [3.05, 3.63) is 54.1 Å². The number of carbonyl (C=O) groups excluding carboxylic acids is 1. The molecular formula is C25H34N2O3. The van der Waals surface area contributed by atoms with Crippen LogP contribution in [-0.2, 0) is 11.2 Å². The van der Waals surface area contributed by atoms with E-state index >= 15 is 0 Å². The third kappa shape index (κ3) is 5.54. The first kappa shape index (κ1) is 22.2. The second-order valence-electron chi connectivity index (χ2n) is 8.44. The lowest BCUT2D eigenvalue weighted by atomic mass is 9.94. The molecule has 5 heteroatoms. The minimum atomic E-state index is 0.183. The molecule has 0 saturated carbocycles. The molecule has 1 unspecified atom stereocenters. The number of ether oxygens (including phenoxy) is 2. The van der Waals surface area contributed by atoms with E-state index in [0.717, 1.165) is 43.1 Å². The molecule has 0 aromatic heterocycles. The SMILES string of the molecule is COc1ccccc1OCCN(C)CC1CCc2ccccc2N1C(=O)CC(C)C. The van der Waals surface area contributed by atoms with Gasteiger partial charge in [0.1, 0.15) is 6.61 Å². The number of benzene rings is 2. The fourth-order valence-electron chi connectivity index (χ4n) is 4.06. The molecule has 3 rings (SSSR count). The minimum Gasteiger partial charge on any atom is -0.493 e. The zero-order valence-electron chi connectivity index (χ0n) is 18.6. The van der Waals surface area contributed by atoms with Crippen LogP contribution in [0.3, 0.4) is 0 Å². The summed E-state index contributed by atoms with van der Waals surface area (Å²) >= 11 is 0. The van der Waals surface area contributed by atoms with E-state index in [4.69, 9.17) is 9.47 Å². The Morgan fingerprint density at radius 1 is 1.13 bits per heavy atom. The number of carbonyl (C=O) groups is 1. The average molecular weight is 411 g/mol. The molecule has 0 fully saturated rings. The van der Waals surface area contributed by atoms with Gasteiger partial charge in [-0.25, -0.2) is 0 Å². The second kappa shape index (κ2) is 10.5. The fourth-order valence-corrected chi connectivity index (χ4v) is 4.06. The molecule has 2 aromatic rings. The molecule has 1 heterocycles. The van der Waals surface area contributed by atoms with Gasteiger partial charge in [0.25, 0.3) is 0 Å². The third-order valence-electron chi connectivity index (χ3n) is 5.54. The molecular weight excluding hydrogens is 376 g/mol. The Morgan fingerprint density at radius 2 is 1.83 bits per heavy atom. The number of fused-ring (bicyclic) bond motifs is 1. The molecule has 2 aromatic carbocycles. The molecule has 1 atom stereocenters. The van der Waals surface area contributed by atoms with Gasteiger partial charge in [-0.1, -0.05) is 44.2 Å². The van der Waals surface area contributed by atoms with Crippen molar-refractivity contribution in [1.29, 1.82) is 0 Å². The van der Waals surface area contributed by atoms with E-state index < -0.39 is 0 Å². The standard InChI is InChI=1S/C25H34N2O3/c1-19(2)17-25(28)27-21(14-13-20-9-5-6-10-22(20)27)18-26(3)15-16-30-24-12-8-7-11-23(24)29-4/h5-12,19,21H,13-18H2,1-4H3. The quantitative estimate of drug-likeness (QED) is 0.614. The predicted molar refractivity (Wildman–Crippen MR) is 121 cm³/mol. The molecule has 1 aliphatic rings. The third-order valence-corrected chi connectivity index (χ3v) is 5.54. The van der Waals surface area contributed by atoms with Crippen LogP contribution in [0.25, 0.3) is 0 Å². The summed E-state index contributed by atoms with van der Waals surface area (Å²) in [5.41, 5.74) is 2.35. The van der Waals surface area contributed by atoms with Gasteiger partial charge in [-0.2, -0.15) is 0 Å². The van der Waals surface area contributed by atoms with Crippen LogP contribution in [0.2, 0.25) is 0 Å². The minimum absolute atomic E-state index is 0.183. The van der Waals surface area contributed by atoms with E-state index in [2.05, 4.69) is 48.9 Å². The summed E-state index contributed by atoms with van der Waals surface area (Å²) in [4.78, 5) is 17.4. The number of para-hydroxylation sites is 3. The molecule has 0 aliphatic carbocycles. The largest absolute Gasteiger partial charge is 0.493 e. The van der Waals surface area contributed by atoms with Crippen molar-refractivity contribution in [2.45, 2.75) is 39.2 Å². The molecule has 0 N–H and O–H groups in total. The van der Waals surface area contributed by atoms with Crippen molar-refractivity contribution in [3.8, 4) is 11.5 Å². The number of methoxy groups -OCH3 is 1. The average Bonchev–Trinajstić information content (AvgIpc) is 2.73. The van der Waals surface area contributed by atoms with Crippen molar-refractivity contribution in [1.82, 2.24) is 4.90 Å². The van der Waals surface area contributed by atoms with Crippen LogP contribution in [0.1, 0.15) is 32.3 Å². The van der Waals surface area contributed by atoms with Crippen molar-refractivity contribution < 1.29 is 14.3 Å². The first-order valence-electron chi connectivity index (χ1n) is 10.8. The normalized spacial score (nSPS) is 15.9. The van der Waals surface area contributed by atoms with Crippen molar-refractivity contribution in [3.63, 3.8) is 0 Å². The summed E-state index contributed by atoms with van der Waals surface area (Å²) in [6, 6.07) is 16.2.